The van der Waals surface area contributed by atoms with Crippen LogP contribution in [0.4, 0.5) is 4.39 Å². The second kappa shape index (κ2) is 8.28. The number of aromatic nitrogens is 3. The number of rotatable bonds is 4. The summed E-state index contributed by atoms with van der Waals surface area (Å²) in [4.78, 5) is 15.0. The van der Waals surface area contributed by atoms with Gasteiger partial charge in [0, 0.05) is 23.2 Å². The van der Waals surface area contributed by atoms with E-state index in [1.54, 1.807) is 11.3 Å². The van der Waals surface area contributed by atoms with E-state index in [1.807, 2.05) is 18.3 Å². The first-order valence-electron chi connectivity index (χ1n) is 10.5. The molecule has 1 saturated carbocycles. The second-order valence-corrected chi connectivity index (χ2v) is 9.05. The Hall–Kier alpha value is -2.18. The second-order valence-electron chi connectivity index (χ2n) is 8.02. The van der Waals surface area contributed by atoms with Crippen molar-refractivity contribution in [3.63, 3.8) is 0 Å². The van der Waals surface area contributed by atoms with Crippen LogP contribution in [0.3, 0.4) is 0 Å². The number of thiazole rings is 1. The fourth-order valence-corrected chi connectivity index (χ4v) is 5.83. The average Bonchev–Trinajstić information content (AvgIpc) is 3.45. The SMILES string of the molecule is Fc1ccc(-c2nc(C3CCNCC3)sc2-c2n[c]ncc2C2CCCC2)cc1. The molecule has 5 rings (SSSR count). The monoisotopic (exact) mass is 407 g/mol. The number of piperidine rings is 1. The van der Waals surface area contributed by atoms with Crippen LogP contribution in [0.25, 0.3) is 21.8 Å². The summed E-state index contributed by atoms with van der Waals surface area (Å²) in [7, 11) is 0. The molecule has 0 unspecified atom stereocenters. The van der Waals surface area contributed by atoms with Gasteiger partial charge in [0.25, 0.3) is 0 Å². The van der Waals surface area contributed by atoms with Crippen molar-refractivity contribution in [2.24, 2.45) is 0 Å². The summed E-state index contributed by atoms with van der Waals surface area (Å²) in [6, 6.07) is 6.65. The van der Waals surface area contributed by atoms with Gasteiger partial charge in [0.05, 0.1) is 21.3 Å². The first-order valence-corrected chi connectivity index (χ1v) is 11.3. The van der Waals surface area contributed by atoms with E-state index >= 15 is 0 Å². The third-order valence-corrected chi connectivity index (χ3v) is 7.38. The lowest BCUT2D eigenvalue weighted by Gasteiger charge is -2.20. The molecule has 0 bridgehead atoms. The van der Waals surface area contributed by atoms with E-state index in [0.717, 1.165) is 52.8 Å². The smallest absolute Gasteiger partial charge is 0.198 e. The molecule has 0 amide bonds. The van der Waals surface area contributed by atoms with Gasteiger partial charge in [-0.25, -0.2) is 19.3 Å². The molecule has 29 heavy (non-hydrogen) atoms. The summed E-state index contributed by atoms with van der Waals surface area (Å²) in [5, 5.41) is 4.59. The Morgan fingerprint density at radius 2 is 1.72 bits per heavy atom. The zero-order valence-electron chi connectivity index (χ0n) is 16.3. The summed E-state index contributed by atoms with van der Waals surface area (Å²) >= 11 is 1.75. The number of nitrogens with one attached hydrogen (secondary N) is 1. The number of halogens is 1. The Balaban J connectivity index is 1.63. The van der Waals surface area contributed by atoms with E-state index in [4.69, 9.17) is 4.98 Å². The molecule has 149 valence electrons. The predicted octanol–water partition coefficient (Wildman–Crippen LogP) is 5.33. The van der Waals surface area contributed by atoms with Crippen molar-refractivity contribution in [3.8, 4) is 21.8 Å². The molecule has 1 aliphatic heterocycles. The van der Waals surface area contributed by atoms with Gasteiger partial charge in [-0.3, -0.25) is 0 Å². The van der Waals surface area contributed by atoms with Crippen molar-refractivity contribution in [3.05, 3.63) is 53.2 Å². The molecule has 2 aliphatic rings. The van der Waals surface area contributed by atoms with Crippen molar-refractivity contribution < 1.29 is 4.39 Å². The van der Waals surface area contributed by atoms with Crippen molar-refractivity contribution in [2.45, 2.75) is 50.4 Å². The van der Waals surface area contributed by atoms with E-state index in [0.29, 0.717) is 11.8 Å². The first kappa shape index (κ1) is 18.8. The fraction of sp³-hybridized carbons (Fsp3) is 0.435. The molecule has 1 saturated heterocycles. The molecule has 4 nitrogen and oxygen atoms in total. The number of hydrogen-bond acceptors (Lipinski definition) is 5. The molecule has 3 heterocycles. The van der Waals surface area contributed by atoms with Crippen molar-refractivity contribution in [2.75, 3.05) is 13.1 Å². The van der Waals surface area contributed by atoms with E-state index in [-0.39, 0.29) is 5.82 Å². The third kappa shape index (κ3) is 3.83. The molecular weight excluding hydrogens is 383 g/mol. The maximum atomic E-state index is 13.5. The van der Waals surface area contributed by atoms with Gasteiger partial charge in [-0.05, 0) is 69.0 Å². The lowest BCUT2D eigenvalue weighted by Crippen LogP contribution is -2.26. The van der Waals surface area contributed by atoms with E-state index in [9.17, 15) is 4.39 Å². The molecule has 2 fully saturated rings. The lowest BCUT2D eigenvalue weighted by atomic mass is 9.96. The molecule has 1 aromatic carbocycles. The quantitative estimate of drug-likeness (QED) is 0.635. The van der Waals surface area contributed by atoms with Crippen LogP contribution in [0.5, 0.6) is 0 Å². The fourth-order valence-electron chi connectivity index (χ4n) is 4.56. The summed E-state index contributed by atoms with van der Waals surface area (Å²) in [6.07, 6.45) is 11.8. The first-order chi connectivity index (χ1) is 14.3. The highest BCUT2D eigenvalue weighted by atomic mass is 32.1. The largest absolute Gasteiger partial charge is 0.317 e. The highest BCUT2D eigenvalue weighted by Gasteiger charge is 2.27. The average molecular weight is 408 g/mol. The summed E-state index contributed by atoms with van der Waals surface area (Å²) < 4.78 is 13.5. The standard InChI is InChI=1S/C23H24FN4S/c24-18-7-5-16(6-8-18)20-22(29-23(28-20)17-9-11-25-12-10-17)21-19(13-26-14-27-21)15-3-1-2-4-15/h5-8,13,15,17,25H,1-4,9-12H2. The minimum atomic E-state index is -0.230. The topological polar surface area (TPSA) is 50.7 Å². The normalized spacial score (nSPS) is 18.4. The summed E-state index contributed by atoms with van der Waals surface area (Å²) in [5.74, 6) is 0.742. The summed E-state index contributed by atoms with van der Waals surface area (Å²) in [5.41, 5.74) is 4.03. The Kier molecular flexibility index (Phi) is 5.38. The maximum Gasteiger partial charge on any atom is 0.198 e. The lowest BCUT2D eigenvalue weighted by molar-refractivity contribution is 0.459. The zero-order chi connectivity index (χ0) is 19.6. The van der Waals surface area contributed by atoms with E-state index < -0.39 is 0 Å². The number of benzene rings is 1. The van der Waals surface area contributed by atoms with Crippen LogP contribution in [0.2, 0.25) is 0 Å². The highest BCUT2D eigenvalue weighted by molar-refractivity contribution is 7.15. The van der Waals surface area contributed by atoms with Gasteiger partial charge in [-0.2, -0.15) is 0 Å². The molecule has 0 atom stereocenters. The number of hydrogen-bond donors (Lipinski definition) is 1. The molecule has 3 aromatic rings. The van der Waals surface area contributed by atoms with Crippen molar-refractivity contribution in [1.82, 2.24) is 20.3 Å². The van der Waals surface area contributed by atoms with Gasteiger partial charge in [-0.1, -0.05) is 12.8 Å². The van der Waals surface area contributed by atoms with Crippen LogP contribution in [0.15, 0.2) is 30.5 Å². The van der Waals surface area contributed by atoms with Crippen LogP contribution >= 0.6 is 11.3 Å². The summed E-state index contributed by atoms with van der Waals surface area (Å²) in [6.45, 7) is 2.06. The van der Waals surface area contributed by atoms with Gasteiger partial charge in [-0.15, -0.1) is 11.3 Å². The van der Waals surface area contributed by atoms with Gasteiger partial charge in [0.15, 0.2) is 6.33 Å². The highest BCUT2D eigenvalue weighted by Crippen LogP contribution is 2.44. The van der Waals surface area contributed by atoms with Crippen LogP contribution < -0.4 is 5.32 Å². The molecule has 1 aliphatic carbocycles. The Morgan fingerprint density at radius 1 is 0.966 bits per heavy atom. The van der Waals surface area contributed by atoms with E-state index in [2.05, 4.69) is 21.6 Å². The molecular formula is C23H24FN4S. The van der Waals surface area contributed by atoms with Crippen molar-refractivity contribution >= 4 is 11.3 Å². The molecule has 1 N–H and O–H groups in total. The van der Waals surface area contributed by atoms with Gasteiger partial charge in [0.1, 0.15) is 5.82 Å². The maximum absolute atomic E-state index is 13.5. The third-order valence-electron chi connectivity index (χ3n) is 6.16. The van der Waals surface area contributed by atoms with Gasteiger partial charge < -0.3 is 5.32 Å². The van der Waals surface area contributed by atoms with Crippen LogP contribution in [-0.2, 0) is 0 Å². The van der Waals surface area contributed by atoms with Crippen LogP contribution in [-0.4, -0.2) is 28.0 Å². The molecule has 1 radical (unpaired) electrons. The minimum absolute atomic E-state index is 0.230. The Morgan fingerprint density at radius 3 is 2.48 bits per heavy atom. The Bertz CT molecular complexity index is 973. The molecule has 0 spiro atoms. The molecule has 6 heteroatoms. The van der Waals surface area contributed by atoms with Crippen LogP contribution in [0, 0.1) is 12.1 Å². The van der Waals surface area contributed by atoms with Crippen LogP contribution in [0.1, 0.15) is 60.9 Å². The molecule has 2 aromatic heterocycles. The van der Waals surface area contributed by atoms with E-state index in [1.165, 1.54) is 43.4 Å². The number of nitrogens with zero attached hydrogens (tertiary/aromatic N) is 3. The van der Waals surface area contributed by atoms with Crippen molar-refractivity contribution in [1.29, 1.82) is 0 Å². The minimum Gasteiger partial charge on any atom is -0.317 e. The predicted molar refractivity (Wildman–Crippen MR) is 113 cm³/mol. The zero-order valence-corrected chi connectivity index (χ0v) is 17.1. The Labute approximate surface area is 174 Å². The van der Waals surface area contributed by atoms with Gasteiger partial charge >= 0.3 is 0 Å². The van der Waals surface area contributed by atoms with Gasteiger partial charge in [0.2, 0.25) is 0 Å².